The molecule has 0 aliphatic rings. The summed E-state index contributed by atoms with van der Waals surface area (Å²) in [5.41, 5.74) is 0. The molecule has 0 aliphatic carbocycles. The average molecular weight is 992 g/mol. The molecule has 2 N–H and O–H groups in total. The second-order valence-electron chi connectivity index (χ2n) is 21.4. The van der Waals surface area contributed by atoms with Crippen molar-refractivity contribution in [3.8, 4) is 0 Å². The molecule has 0 heterocycles. The number of carbonyl (C=O) groups excluding carboxylic acids is 1. The maximum atomic E-state index is 13.0. The van der Waals surface area contributed by atoms with Crippen LogP contribution in [0.25, 0.3) is 0 Å². The third-order valence-electron chi connectivity index (χ3n) is 13.3. The van der Waals surface area contributed by atoms with Gasteiger partial charge in [0.15, 0.2) is 0 Å². The van der Waals surface area contributed by atoms with Gasteiger partial charge in [-0.25, -0.2) is 0 Å². The Morgan fingerprint density at radius 3 is 1.22 bits per heavy atom. The van der Waals surface area contributed by atoms with E-state index in [9.17, 15) is 19.4 Å². The smallest absolute Gasteiger partial charge is 0.268 e. The number of nitrogens with zero attached hydrogens (tertiary/aromatic N) is 1. The van der Waals surface area contributed by atoms with Gasteiger partial charge in [0.2, 0.25) is 5.91 Å². The molecule has 0 saturated carbocycles. The zero-order chi connectivity index (χ0) is 50.6. The molecule has 1 amide bonds. The largest absolute Gasteiger partial charge is 0.756 e. The Labute approximate surface area is 429 Å². The minimum atomic E-state index is -4.60. The third kappa shape index (κ3) is 54.1. The second kappa shape index (κ2) is 51.4. The Kier molecular flexibility index (Phi) is 50.2. The van der Waals surface area contributed by atoms with Crippen LogP contribution >= 0.6 is 7.82 Å². The first kappa shape index (κ1) is 67.5. The van der Waals surface area contributed by atoms with E-state index in [0.29, 0.717) is 17.4 Å². The number of rotatable bonds is 54. The first-order valence-electron chi connectivity index (χ1n) is 29.5. The van der Waals surface area contributed by atoms with Gasteiger partial charge in [0, 0.05) is 6.42 Å². The molecule has 0 aromatic carbocycles. The van der Waals surface area contributed by atoms with Crippen LogP contribution in [0.5, 0.6) is 0 Å². The quantitative estimate of drug-likeness (QED) is 0.0272. The summed E-state index contributed by atoms with van der Waals surface area (Å²) in [7, 11) is 1.26. The number of nitrogens with one attached hydrogen (secondary N) is 1. The lowest BCUT2D eigenvalue weighted by Crippen LogP contribution is -2.45. The Balaban J connectivity index is 4.22. The fraction of sp³-hybridized carbons (Fsp3) is 0.850. The number of carbonyl (C=O) groups is 1. The number of allylic oxidation sites excluding steroid dienone is 7. The molecule has 69 heavy (non-hydrogen) atoms. The highest BCUT2D eigenvalue weighted by molar-refractivity contribution is 7.45. The van der Waals surface area contributed by atoms with Crippen LogP contribution in [-0.4, -0.2) is 68.5 Å². The number of amides is 1. The number of hydrogen-bond acceptors (Lipinski definition) is 6. The number of phosphoric acid groups is 1. The summed E-state index contributed by atoms with van der Waals surface area (Å²) in [6, 6.07) is -0.891. The Morgan fingerprint density at radius 2 is 0.841 bits per heavy atom. The number of phosphoric ester groups is 1. The first-order valence-corrected chi connectivity index (χ1v) is 31.0. The molecule has 0 aromatic heterocycles. The summed E-state index contributed by atoms with van der Waals surface area (Å²) < 4.78 is 23.4. The van der Waals surface area contributed by atoms with E-state index in [-0.39, 0.29) is 19.1 Å². The molecule has 3 atom stereocenters. The van der Waals surface area contributed by atoms with Crippen molar-refractivity contribution in [3.05, 3.63) is 48.6 Å². The van der Waals surface area contributed by atoms with Crippen LogP contribution in [0, 0.1) is 0 Å². The summed E-state index contributed by atoms with van der Waals surface area (Å²) in [4.78, 5) is 25.5. The van der Waals surface area contributed by atoms with Crippen molar-refractivity contribution >= 4 is 13.7 Å². The highest BCUT2D eigenvalue weighted by Gasteiger charge is 2.23. The lowest BCUT2D eigenvalue weighted by Gasteiger charge is -2.29. The van der Waals surface area contributed by atoms with Crippen molar-refractivity contribution in [2.24, 2.45) is 0 Å². The molecule has 0 fully saturated rings. The van der Waals surface area contributed by atoms with E-state index in [1.54, 1.807) is 6.08 Å². The van der Waals surface area contributed by atoms with Gasteiger partial charge in [-0.2, -0.15) is 0 Å². The maximum absolute atomic E-state index is 13.0. The van der Waals surface area contributed by atoms with Gasteiger partial charge >= 0.3 is 0 Å². The number of quaternary nitrogens is 1. The summed E-state index contributed by atoms with van der Waals surface area (Å²) in [6.45, 7) is 4.66. The predicted molar refractivity (Wildman–Crippen MR) is 298 cm³/mol. The van der Waals surface area contributed by atoms with Crippen LogP contribution in [0.2, 0.25) is 0 Å². The fourth-order valence-electron chi connectivity index (χ4n) is 8.63. The summed E-state index contributed by atoms with van der Waals surface area (Å²) in [5, 5.41) is 13.9. The van der Waals surface area contributed by atoms with Crippen molar-refractivity contribution in [1.82, 2.24) is 5.32 Å². The monoisotopic (exact) mass is 991 g/mol. The Hall–Kier alpha value is -1.54. The van der Waals surface area contributed by atoms with Crippen molar-refractivity contribution < 1.29 is 32.9 Å². The van der Waals surface area contributed by atoms with E-state index < -0.39 is 20.0 Å². The van der Waals surface area contributed by atoms with Gasteiger partial charge in [-0.15, -0.1) is 0 Å². The van der Waals surface area contributed by atoms with E-state index in [4.69, 9.17) is 9.05 Å². The number of aliphatic hydroxyl groups excluding tert-OH is 1. The molecular weight excluding hydrogens is 876 g/mol. The van der Waals surface area contributed by atoms with Crippen LogP contribution in [0.15, 0.2) is 48.6 Å². The van der Waals surface area contributed by atoms with Crippen LogP contribution in [0.4, 0.5) is 0 Å². The molecule has 0 bridgehead atoms. The zero-order valence-corrected chi connectivity index (χ0v) is 47.2. The van der Waals surface area contributed by atoms with Crippen LogP contribution < -0.4 is 10.2 Å². The number of unbranched alkanes of at least 4 members (excludes halogenated alkanes) is 35. The van der Waals surface area contributed by atoms with Gasteiger partial charge < -0.3 is 28.8 Å². The van der Waals surface area contributed by atoms with Crippen LogP contribution in [0.1, 0.15) is 277 Å². The van der Waals surface area contributed by atoms with Crippen molar-refractivity contribution in [2.45, 2.75) is 289 Å². The van der Waals surface area contributed by atoms with Crippen LogP contribution in [0.3, 0.4) is 0 Å². The number of aliphatic hydroxyl groups is 1. The molecule has 8 nitrogen and oxygen atoms in total. The van der Waals surface area contributed by atoms with E-state index in [0.717, 1.165) is 51.4 Å². The van der Waals surface area contributed by atoms with Crippen molar-refractivity contribution in [1.29, 1.82) is 0 Å². The molecule has 406 valence electrons. The summed E-state index contributed by atoms with van der Waals surface area (Å²) in [5.74, 6) is -0.199. The predicted octanol–water partition coefficient (Wildman–Crippen LogP) is 17.3. The first-order chi connectivity index (χ1) is 33.5. The van der Waals surface area contributed by atoms with E-state index >= 15 is 0 Å². The molecule has 0 rings (SSSR count). The SMILES string of the molecule is CCCCCCC/C=C\C/C=C\C/C=C\CCCCCCCCCCCCC(=O)NC(COP(=O)([O-])OCC[N+](C)(C)C)C(O)/C=C/CCCCCCCCCCCCCCCCCCCCCC. The molecule has 0 spiro atoms. The topological polar surface area (TPSA) is 108 Å². The molecule has 0 aromatic rings. The Morgan fingerprint density at radius 1 is 0.507 bits per heavy atom. The maximum Gasteiger partial charge on any atom is 0.268 e. The molecule has 0 aliphatic heterocycles. The number of likely N-dealkylation sites (N-methyl/N-ethyl adjacent to an activating group) is 1. The van der Waals surface area contributed by atoms with Crippen molar-refractivity contribution in [2.75, 3.05) is 40.9 Å². The average Bonchev–Trinajstić information content (AvgIpc) is 3.31. The molecule has 0 saturated heterocycles. The van der Waals surface area contributed by atoms with Gasteiger partial charge in [-0.1, -0.05) is 262 Å². The fourth-order valence-corrected chi connectivity index (χ4v) is 9.36. The minimum Gasteiger partial charge on any atom is -0.756 e. The molecule has 0 radical (unpaired) electrons. The van der Waals surface area contributed by atoms with Crippen molar-refractivity contribution in [3.63, 3.8) is 0 Å². The van der Waals surface area contributed by atoms with E-state index in [2.05, 4.69) is 55.6 Å². The van der Waals surface area contributed by atoms with Crippen LogP contribution in [-0.2, 0) is 18.4 Å². The standard InChI is InChI=1S/C60H115N2O6P/c1-6-8-10-12-14-16-18-20-22-24-26-28-30-31-32-34-36-38-40-42-44-46-48-50-52-54-60(64)61-58(57-68-69(65,66)67-56-55-62(3,4)5)59(63)53-51-49-47-45-43-41-39-37-35-33-29-27-25-23-21-19-17-15-13-11-9-7-2/h18,20,24,26,30-31,51,53,58-59,63H,6-17,19,21-23,25,27-29,32-50,52,54-57H2,1-5H3,(H-,61,64,65,66)/b20-18-,26-24-,31-30-,53-51+. The highest BCUT2D eigenvalue weighted by Crippen LogP contribution is 2.38. The molecular formula is C60H115N2O6P. The van der Waals surface area contributed by atoms with E-state index in [1.807, 2.05) is 27.2 Å². The van der Waals surface area contributed by atoms with Gasteiger partial charge in [-0.05, 0) is 57.8 Å². The lowest BCUT2D eigenvalue weighted by molar-refractivity contribution is -0.870. The van der Waals surface area contributed by atoms with Gasteiger partial charge in [0.1, 0.15) is 13.2 Å². The molecule has 9 heteroatoms. The Bertz CT molecular complexity index is 1260. The van der Waals surface area contributed by atoms with Gasteiger partial charge in [-0.3, -0.25) is 9.36 Å². The number of hydrogen-bond donors (Lipinski definition) is 2. The minimum absolute atomic E-state index is 0.00236. The zero-order valence-electron chi connectivity index (χ0n) is 46.3. The second-order valence-corrected chi connectivity index (χ2v) is 22.8. The highest BCUT2D eigenvalue weighted by atomic mass is 31.2. The summed E-state index contributed by atoms with van der Waals surface area (Å²) >= 11 is 0. The molecule has 3 unspecified atom stereocenters. The lowest BCUT2D eigenvalue weighted by atomic mass is 10.0. The normalized spacial score (nSPS) is 14.2. The van der Waals surface area contributed by atoms with E-state index in [1.165, 1.54) is 205 Å². The summed E-state index contributed by atoms with van der Waals surface area (Å²) in [6.07, 6.45) is 67.5. The van der Waals surface area contributed by atoms with Gasteiger partial charge in [0.25, 0.3) is 7.82 Å². The van der Waals surface area contributed by atoms with Gasteiger partial charge in [0.05, 0.1) is 39.9 Å². The third-order valence-corrected chi connectivity index (χ3v) is 14.2.